The van der Waals surface area contributed by atoms with E-state index >= 15 is 0 Å². The number of hydrazine groups is 1. The topological polar surface area (TPSA) is 29.3 Å². The Labute approximate surface area is 86.7 Å². The summed E-state index contributed by atoms with van der Waals surface area (Å²) in [6.07, 6.45) is 0. The third-order valence-electron chi connectivity index (χ3n) is 2.38. The molecule has 0 aliphatic heterocycles. The summed E-state index contributed by atoms with van der Waals surface area (Å²) in [6, 6.07) is 8.40. The molecule has 0 aliphatic carbocycles. The molecule has 0 radical (unpaired) electrons. The van der Waals surface area contributed by atoms with Gasteiger partial charge < -0.3 is 5.01 Å². The van der Waals surface area contributed by atoms with Crippen LogP contribution in [0.1, 0.15) is 33.3 Å². The monoisotopic (exact) mass is 192 g/mol. The van der Waals surface area contributed by atoms with Gasteiger partial charge in [0.05, 0.1) is 5.69 Å². The van der Waals surface area contributed by atoms with Crippen molar-refractivity contribution >= 4 is 5.69 Å². The number of rotatable bonds is 2. The van der Waals surface area contributed by atoms with E-state index < -0.39 is 0 Å². The molecule has 0 atom stereocenters. The van der Waals surface area contributed by atoms with Crippen LogP contribution in [0, 0.1) is 0 Å². The van der Waals surface area contributed by atoms with Crippen LogP contribution >= 0.6 is 0 Å². The van der Waals surface area contributed by atoms with Gasteiger partial charge in [0.1, 0.15) is 0 Å². The fourth-order valence-electron chi connectivity index (χ4n) is 1.33. The molecule has 0 amide bonds. The number of hydrogen-bond donors (Lipinski definition) is 1. The first-order valence-corrected chi connectivity index (χ1v) is 5.08. The van der Waals surface area contributed by atoms with Crippen molar-refractivity contribution < 1.29 is 0 Å². The van der Waals surface area contributed by atoms with Crippen LogP contribution in [0.4, 0.5) is 5.69 Å². The molecular weight excluding hydrogens is 172 g/mol. The highest BCUT2D eigenvalue weighted by Gasteiger charge is 2.14. The van der Waals surface area contributed by atoms with Crippen LogP contribution in [0.2, 0.25) is 0 Å². The molecule has 0 unspecified atom stereocenters. The zero-order valence-electron chi connectivity index (χ0n) is 9.54. The summed E-state index contributed by atoms with van der Waals surface area (Å²) in [4.78, 5) is 0. The number of hydrogen-bond acceptors (Lipinski definition) is 2. The first kappa shape index (κ1) is 11.1. The van der Waals surface area contributed by atoms with Crippen molar-refractivity contribution in [3.63, 3.8) is 0 Å². The lowest BCUT2D eigenvalue weighted by molar-refractivity contribution is 0.590. The van der Waals surface area contributed by atoms with Gasteiger partial charge in [0, 0.05) is 6.54 Å². The number of benzene rings is 1. The fourth-order valence-corrected chi connectivity index (χ4v) is 1.33. The van der Waals surface area contributed by atoms with Crippen molar-refractivity contribution in [1.29, 1.82) is 0 Å². The minimum Gasteiger partial charge on any atom is -0.311 e. The van der Waals surface area contributed by atoms with Crippen LogP contribution in [-0.4, -0.2) is 6.54 Å². The zero-order chi connectivity index (χ0) is 10.8. The van der Waals surface area contributed by atoms with Gasteiger partial charge in [-0.15, -0.1) is 0 Å². The molecule has 1 aromatic rings. The summed E-state index contributed by atoms with van der Waals surface area (Å²) in [5.41, 5.74) is 2.59. The summed E-state index contributed by atoms with van der Waals surface area (Å²) in [6.45, 7) is 9.49. The molecule has 78 valence electrons. The van der Waals surface area contributed by atoms with Crippen LogP contribution in [0.3, 0.4) is 0 Å². The van der Waals surface area contributed by atoms with Gasteiger partial charge in [0.15, 0.2) is 0 Å². The molecule has 1 aromatic carbocycles. The Kier molecular flexibility index (Phi) is 3.17. The smallest absolute Gasteiger partial charge is 0.0519 e. The Bertz CT molecular complexity index is 299. The largest absolute Gasteiger partial charge is 0.311 e. The van der Waals surface area contributed by atoms with Gasteiger partial charge in [-0.25, -0.2) is 5.84 Å². The number of nitrogens with two attached hydrogens (primary N) is 1. The molecule has 0 saturated heterocycles. The number of anilines is 1. The van der Waals surface area contributed by atoms with Gasteiger partial charge in [-0.3, -0.25) is 0 Å². The summed E-state index contributed by atoms with van der Waals surface area (Å²) >= 11 is 0. The Balaban J connectivity index is 3.01. The van der Waals surface area contributed by atoms with E-state index in [1.807, 2.05) is 13.0 Å². The Morgan fingerprint density at radius 3 is 2.43 bits per heavy atom. The molecule has 0 aromatic heterocycles. The van der Waals surface area contributed by atoms with Gasteiger partial charge >= 0.3 is 0 Å². The lowest BCUT2D eigenvalue weighted by Crippen LogP contribution is -2.30. The summed E-state index contributed by atoms with van der Waals surface area (Å²) < 4.78 is 0. The molecular formula is C12H20N2. The highest BCUT2D eigenvalue weighted by molar-refractivity contribution is 5.48. The molecule has 0 heterocycles. The molecule has 2 heteroatoms. The van der Waals surface area contributed by atoms with E-state index in [2.05, 4.69) is 39.0 Å². The van der Waals surface area contributed by atoms with Crippen LogP contribution in [0.25, 0.3) is 0 Å². The zero-order valence-corrected chi connectivity index (χ0v) is 9.54. The van der Waals surface area contributed by atoms with E-state index in [1.165, 1.54) is 5.56 Å². The molecule has 0 bridgehead atoms. The third-order valence-corrected chi connectivity index (χ3v) is 2.38. The minimum atomic E-state index is 0.185. The predicted molar refractivity (Wildman–Crippen MR) is 62.3 cm³/mol. The molecule has 0 saturated carbocycles. The predicted octanol–water partition coefficient (Wildman–Crippen LogP) is 2.68. The van der Waals surface area contributed by atoms with Crippen molar-refractivity contribution in [2.24, 2.45) is 5.84 Å². The van der Waals surface area contributed by atoms with Crippen LogP contribution in [-0.2, 0) is 5.41 Å². The van der Waals surface area contributed by atoms with Crippen molar-refractivity contribution in [2.45, 2.75) is 33.1 Å². The second-order valence-electron chi connectivity index (χ2n) is 4.59. The molecule has 2 nitrogen and oxygen atoms in total. The standard InChI is InChI=1S/C12H20N2/c1-5-14(13)11-8-6-7-10(9-11)12(2,3)4/h6-9H,5,13H2,1-4H3. The normalized spacial score (nSPS) is 11.5. The highest BCUT2D eigenvalue weighted by Crippen LogP contribution is 2.25. The van der Waals surface area contributed by atoms with Gasteiger partial charge in [-0.1, -0.05) is 32.9 Å². The summed E-state index contributed by atoms with van der Waals surface area (Å²) in [7, 11) is 0. The molecule has 2 N–H and O–H groups in total. The molecule has 0 fully saturated rings. The average Bonchev–Trinajstić information content (AvgIpc) is 2.15. The lowest BCUT2D eigenvalue weighted by Gasteiger charge is -2.22. The van der Waals surface area contributed by atoms with E-state index in [0.29, 0.717) is 0 Å². The maximum atomic E-state index is 5.84. The third kappa shape index (κ3) is 2.48. The minimum absolute atomic E-state index is 0.185. The average molecular weight is 192 g/mol. The van der Waals surface area contributed by atoms with Gasteiger partial charge in [-0.2, -0.15) is 0 Å². The SMILES string of the molecule is CCN(N)c1cccc(C(C)(C)C)c1. The summed E-state index contributed by atoms with van der Waals surface area (Å²) in [5, 5.41) is 1.76. The summed E-state index contributed by atoms with van der Waals surface area (Å²) in [5.74, 6) is 5.84. The van der Waals surface area contributed by atoms with Gasteiger partial charge in [0.25, 0.3) is 0 Å². The quantitative estimate of drug-likeness (QED) is 0.576. The number of nitrogens with zero attached hydrogens (tertiary/aromatic N) is 1. The van der Waals surface area contributed by atoms with Crippen molar-refractivity contribution in [3.05, 3.63) is 29.8 Å². The van der Waals surface area contributed by atoms with E-state index in [4.69, 9.17) is 5.84 Å². The van der Waals surface area contributed by atoms with Gasteiger partial charge in [0.2, 0.25) is 0 Å². The molecule has 0 aliphatic rings. The first-order chi connectivity index (χ1) is 6.45. The molecule has 0 spiro atoms. The van der Waals surface area contributed by atoms with E-state index in [9.17, 15) is 0 Å². The second kappa shape index (κ2) is 4.01. The Morgan fingerprint density at radius 2 is 1.93 bits per heavy atom. The van der Waals surface area contributed by atoms with Crippen molar-refractivity contribution in [2.75, 3.05) is 11.6 Å². The van der Waals surface area contributed by atoms with E-state index in [1.54, 1.807) is 5.01 Å². The highest BCUT2D eigenvalue weighted by atomic mass is 15.4. The Hall–Kier alpha value is -1.02. The van der Waals surface area contributed by atoms with Crippen LogP contribution in [0.15, 0.2) is 24.3 Å². The second-order valence-corrected chi connectivity index (χ2v) is 4.59. The van der Waals surface area contributed by atoms with Crippen LogP contribution < -0.4 is 10.9 Å². The Morgan fingerprint density at radius 1 is 1.29 bits per heavy atom. The van der Waals surface area contributed by atoms with Crippen molar-refractivity contribution in [3.8, 4) is 0 Å². The molecule has 14 heavy (non-hydrogen) atoms. The fraction of sp³-hybridized carbons (Fsp3) is 0.500. The maximum absolute atomic E-state index is 5.84. The van der Waals surface area contributed by atoms with E-state index in [-0.39, 0.29) is 5.41 Å². The van der Waals surface area contributed by atoms with Crippen LogP contribution in [0.5, 0.6) is 0 Å². The maximum Gasteiger partial charge on any atom is 0.0519 e. The lowest BCUT2D eigenvalue weighted by atomic mass is 9.87. The van der Waals surface area contributed by atoms with Crippen molar-refractivity contribution in [1.82, 2.24) is 0 Å². The van der Waals surface area contributed by atoms with E-state index in [0.717, 1.165) is 12.2 Å². The van der Waals surface area contributed by atoms with Gasteiger partial charge in [-0.05, 0) is 30.0 Å². The first-order valence-electron chi connectivity index (χ1n) is 5.08. The molecule has 1 rings (SSSR count).